The van der Waals surface area contributed by atoms with Crippen LogP contribution in [0.1, 0.15) is 0 Å². The Balaban J connectivity index is 0. The molecule has 0 aromatic carbocycles. The Labute approximate surface area is 67.2 Å². The maximum Gasteiger partial charge on any atom is 0.310 e. The van der Waals surface area contributed by atoms with Crippen LogP contribution in [0.25, 0.3) is 0 Å². The Morgan fingerprint density at radius 3 is 1.70 bits per heavy atom. The lowest BCUT2D eigenvalue weighted by Gasteiger charge is -1.99. The molecule has 10 heavy (non-hydrogen) atoms. The van der Waals surface area contributed by atoms with E-state index in [9.17, 15) is 4.57 Å². The Morgan fingerprint density at radius 1 is 1.50 bits per heavy atom. The van der Waals surface area contributed by atoms with Gasteiger partial charge >= 0.3 is 5.77 Å². The third kappa shape index (κ3) is 11.1. The van der Waals surface area contributed by atoms with Gasteiger partial charge in [0.15, 0.2) is 0 Å². The van der Waals surface area contributed by atoms with Crippen LogP contribution in [0, 0.1) is 5.41 Å². The first-order valence-corrected chi connectivity index (χ1v) is 7.34. The summed E-state index contributed by atoms with van der Waals surface area (Å²) in [5.41, 5.74) is 0. The van der Waals surface area contributed by atoms with Crippen LogP contribution in [-0.4, -0.2) is 23.5 Å². The molecule has 0 rings (SSSR count). The minimum atomic E-state index is -2.82. The average molecular weight is 201 g/mol. The van der Waals surface area contributed by atoms with Crippen LogP contribution in [0.4, 0.5) is 0 Å². The van der Waals surface area contributed by atoms with Gasteiger partial charge in [-0.25, -0.2) is 10.2 Å². The molecular formula is C3H8NO3PS2. The van der Waals surface area contributed by atoms with Gasteiger partial charge in [0, 0.05) is 0 Å². The zero-order valence-electron chi connectivity index (χ0n) is 5.53. The summed E-state index contributed by atoms with van der Waals surface area (Å²) in [6.07, 6.45) is 3.99. The molecule has 0 aromatic rings. The molecule has 0 aromatic heterocycles. The van der Waals surface area contributed by atoms with Gasteiger partial charge in [0.05, 0.1) is 0 Å². The fraction of sp³-hybridized carbons (Fsp3) is 0.667. The fourth-order valence-corrected chi connectivity index (χ4v) is 2.01. The normalized spacial score (nSPS) is 9.10. The molecule has 4 nitrogen and oxygen atoms in total. The molecule has 0 saturated heterocycles. The van der Waals surface area contributed by atoms with E-state index in [2.05, 4.69) is 0 Å². The summed E-state index contributed by atoms with van der Waals surface area (Å²) in [4.78, 5) is 17.0. The Morgan fingerprint density at radius 2 is 1.70 bits per heavy atom. The molecule has 0 fully saturated rings. The van der Waals surface area contributed by atoms with Crippen molar-refractivity contribution >= 4 is 34.6 Å². The Hall–Kier alpha value is 0.270. The van der Waals surface area contributed by atoms with E-state index in [4.69, 9.17) is 15.1 Å². The Kier molecular flexibility index (Phi) is 9.52. The second-order valence-corrected chi connectivity index (χ2v) is 8.46. The second-order valence-electron chi connectivity index (χ2n) is 0.936. The number of hydrogen-bond donors (Lipinski definition) is 2. The molecule has 0 saturated carbocycles. The fourth-order valence-electron chi connectivity index (χ4n) is 0.0745. The number of hydrogen-bond acceptors (Lipinski definition) is 5. The van der Waals surface area contributed by atoms with E-state index in [1.165, 1.54) is 0 Å². The third-order valence-corrected chi connectivity index (χ3v) is 6.84. The summed E-state index contributed by atoms with van der Waals surface area (Å²) in [5, 5.41) is 5.40. The molecule has 7 heteroatoms. The molecule has 60 valence electrons. The lowest BCUT2D eigenvalue weighted by atomic mass is 11.7. The van der Waals surface area contributed by atoms with Gasteiger partial charge in [0.2, 0.25) is 6.08 Å². The van der Waals surface area contributed by atoms with Gasteiger partial charge in [0.25, 0.3) is 0 Å². The van der Waals surface area contributed by atoms with Crippen molar-refractivity contribution in [3.05, 3.63) is 0 Å². The van der Waals surface area contributed by atoms with E-state index >= 15 is 0 Å². The van der Waals surface area contributed by atoms with Gasteiger partial charge < -0.3 is 4.89 Å². The number of carbonyl (C=O) groups excluding carboxylic acids is 1. The smallest absolute Gasteiger partial charge is 0.310 e. The zero-order valence-corrected chi connectivity index (χ0v) is 8.05. The van der Waals surface area contributed by atoms with Crippen LogP contribution >= 0.6 is 28.5 Å². The van der Waals surface area contributed by atoms with Crippen LogP contribution < -0.4 is 0 Å². The average Bonchev–Trinajstić information content (AvgIpc) is 1.90. The first kappa shape index (κ1) is 12.9. The van der Waals surface area contributed by atoms with Crippen LogP contribution in [0.5, 0.6) is 0 Å². The standard InChI is InChI=1S/C2H7O2PS2.CHNO/c1-6-5(3,4)7-2;2-1-3/h1-2H3,(H,3,4);2H. The quantitative estimate of drug-likeness (QED) is 0.404. The van der Waals surface area contributed by atoms with E-state index in [0.29, 0.717) is 0 Å². The molecule has 0 amide bonds. The molecule has 0 aliphatic heterocycles. The maximum atomic E-state index is 10.4. The molecule has 0 unspecified atom stereocenters. The summed E-state index contributed by atoms with van der Waals surface area (Å²) < 4.78 is 10.4. The van der Waals surface area contributed by atoms with Gasteiger partial charge in [-0.3, -0.25) is 4.57 Å². The first-order chi connectivity index (χ1) is 4.54. The maximum absolute atomic E-state index is 10.4. The predicted octanol–water partition coefficient (Wildman–Crippen LogP) is 1.71. The van der Waals surface area contributed by atoms with Crippen LogP contribution in [0.3, 0.4) is 0 Å². The van der Waals surface area contributed by atoms with Crippen molar-refractivity contribution in [2.24, 2.45) is 0 Å². The van der Waals surface area contributed by atoms with Crippen molar-refractivity contribution in [1.82, 2.24) is 0 Å². The second kappa shape index (κ2) is 7.38. The highest BCUT2D eigenvalue weighted by atomic mass is 33.1. The third-order valence-electron chi connectivity index (χ3n) is 0.461. The summed E-state index contributed by atoms with van der Waals surface area (Å²) in [6.45, 7) is 0. The lowest BCUT2D eigenvalue weighted by Crippen LogP contribution is -1.58. The van der Waals surface area contributed by atoms with Gasteiger partial charge in [-0.05, 0) is 12.5 Å². The van der Waals surface area contributed by atoms with Gasteiger partial charge in [0.1, 0.15) is 0 Å². The number of rotatable bonds is 2. The van der Waals surface area contributed by atoms with E-state index in [1.54, 1.807) is 12.5 Å². The van der Waals surface area contributed by atoms with Gasteiger partial charge in [-0.2, -0.15) is 0 Å². The monoisotopic (exact) mass is 201 g/mol. The van der Waals surface area contributed by atoms with Crippen molar-refractivity contribution in [1.29, 1.82) is 5.41 Å². The molecular weight excluding hydrogens is 193 g/mol. The molecule has 0 radical (unpaired) electrons. The van der Waals surface area contributed by atoms with Crippen molar-refractivity contribution < 1.29 is 14.3 Å². The predicted molar refractivity (Wildman–Crippen MR) is 45.3 cm³/mol. The van der Waals surface area contributed by atoms with Crippen LogP contribution in [-0.2, 0) is 9.36 Å². The van der Waals surface area contributed by atoms with E-state index in [-0.39, 0.29) is 0 Å². The number of nitrogens with one attached hydrogen (secondary N) is 1. The van der Waals surface area contributed by atoms with Crippen LogP contribution in [0.2, 0.25) is 0 Å². The minimum Gasteiger partial charge on any atom is -0.329 e. The first-order valence-electron chi connectivity index (χ1n) is 2.02. The van der Waals surface area contributed by atoms with Crippen molar-refractivity contribution in [2.75, 3.05) is 12.5 Å². The number of isocyanates is 1. The van der Waals surface area contributed by atoms with Crippen molar-refractivity contribution in [3.63, 3.8) is 0 Å². The van der Waals surface area contributed by atoms with Gasteiger partial charge in [-0.1, -0.05) is 22.8 Å². The van der Waals surface area contributed by atoms with Crippen molar-refractivity contribution in [3.8, 4) is 0 Å². The molecule has 0 aliphatic carbocycles. The summed E-state index contributed by atoms with van der Waals surface area (Å²) in [6, 6.07) is 0. The van der Waals surface area contributed by atoms with E-state index in [0.717, 1.165) is 28.8 Å². The van der Waals surface area contributed by atoms with E-state index < -0.39 is 5.77 Å². The minimum absolute atomic E-state index is 0.750. The summed E-state index contributed by atoms with van der Waals surface area (Å²) in [5.74, 6) is -2.82. The molecule has 0 atom stereocenters. The topological polar surface area (TPSA) is 78.2 Å². The zero-order chi connectivity index (χ0) is 8.62. The highest BCUT2D eigenvalue weighted by Crippen LogP contribution is 2.62. The highest BCUT2D eigenvalue weighted by Gasteiger charge is 2.11. The lowest BCUT2D eigenvalue weighted by molar-refractivity contribution is 0.514. The largest absolute Gasteiger partial charge is 0.329 e. The Bertz CT molecular complexity index is 148. The highest BCUT2D eigenvalue weighted by molar-refractivity contribution is 8.88. The SMILES string of the molecule is CSP(=O)(O)SC.N=C=O. The van der Waals surface area contributed by atoms with E-state index in [1.807, 2.05) is 0 Å². The summed E-state index contributed by atoms with van der Waals surface area (Å²) in [7, 11) is 0. The molecule has 0 heterocycles. The molecule has 0 spiro atoms. The summed E-state index contributed by atoms with van der Waals surface area (Å²) >= 11 is 2.00. The molecule has 0 bridgehead atoms. The molecule has 2 N–H and O–H groups in total. The van der Waals surface area contributed by atoms with Crippen LogP contribution in [0.15, 0.2) is 0 Å². The van der Waals surface area contributed by atoms with Crippen molar-refractivity contribution in [2.45, 2.75) is 0 Å². The molecule has 0 aliphatic rings. The van der Waals surface area contributed by atoms with Gasteiger partial charge in [-0.15, -0.1) is 0 Å².